The largest absolute Gasteiger partial charge is 0.496 e. The number of anilines is 1. The van der Waals surface area contributed by atoms with Crippen LogP contribution in [0.5, 0.6) is 5.75 Å². The number of ketones is 1. The van der Waals surface area contributed by atoms with Crippen molar-refractivity contribution < 1.29 is 9.53 Å². The van der Waals surface area contributed by atoms with Gasteiger partial charge in [-0.2, -0.15) is 0 Å². The molecule has 1 aromatic rings. The van der Waals surface area contributed by atoms with E-state index in [2.05, 4.69) is 11.9 Å². The van der Waals surface area contributed by atoms with Crippen molar-refractivity contribution in [2.75, 3.05) is 19.1 Å². The lowest BCUT2D eigenvalue weighted by Gasteiger charge is -2.28. The minimum atomic E-state index is 0.0623. The van der Waals surface area contributed by atoms with Gasteiger partial charge in [0.2, 0.25) is 0 Å². The van der Waals surface area contributed by atoms with Gasteiger partial charge >= 0.3 is 0 Å². The molecular weight excluding hydrogens is 226 g/mol. The summed E-state index contributed by atoms with van der Waals surface area (Å²) in [6.07, 6.45) is 5.00. The number of ether oxygens (including phenoxy) is 1. The van der Waals surface area contributed by atoms with E-state index in [0.717, 1.165) is 5.69 Å². The molecule has 1 aromatic carbocycles. The van der Waals surface area contributed by atoms with Crippen molar-refractivity contribution in [2.24, 2.45) is 0 Å². The molecule has 0 atom stereocenters. The fraction of sp³-hybridized carbons (Fsp3) is 0.533. The zero-order valence-electron chi connectivity index (χ0n) is 11.4. The van der Waals surface area contributed by atoms with Crippen LogP contribution in [0.4, 0.5) is 5.69 Å². The molecule has 2 rings (SSSR count). The van der Waals surface area contributed by atoms with Crippen LogP contribution < -0.4 is 9.64 Å². The number of nitrogens with zero attached hydrogens (tertiary/aromatic N) is 1. The van der Waals surface area contributed by atoms with Gasteiger partial charge in [0, 0.05) is 13.1 Å². The highest BCUT2D eigenvalue weighted by molar-refractivity contribution is 6.02. The summed E-state index contributed by atoms with van der Waals surface area (Å²) in [5.41, 5.74) is 1.70. The number of hydrogen-bond acceptors (Lipinski definition) is 3. The molecule has 0 unspecified atom stereocenters. The first-order chi connectivity index (χ1) is 8.65. The number of carbonyl (C=O) groups is 1. The number of carbonyl (C=O) groups excluding carboxylic acids is 1. The van der Waals surface area contributed by atoms with Crippen LogP contribution in [-0.4, -0.2) is 26.0 Å². The maximum Gasteiger partial charge on any atom is 0.165 e. The van der Waals surface area contributed by atoms with Gasteiger partial charge in [-0.05, 0) is 31.9 Å². The summed E-state index contributed by atoms with van der Waals surface area (Å²) in [6.45, 7) is 1.60. The van der Waals surface area contributed by atoms with Crippen molar-refractivity contribution in [3.05, 3.63) is 23.8 Å². The van der Waals surface area contributed by atoms with Crippen molar-refractivity contribution in [1.82, 2.24) is 0 Å². The Labute approximate surface area is 109 Å². The quantitative estimate of drug-likeness (QED) is 0.765. The molecule has 3 heteroatoms. The molecule has 0 aliphatic heterocycles. The van der Waals surface area contributed by atoms with Crippen LogP contribution in [0.1, 0.15) is 43.0 Å². The maximum absolute atomic E-state index is 11.9. The van der Waals surface area contributed by atoms with Crippen LogP contribution in [0.15, 0.2) is 18.2 Å². The van der Waals surface area contributed by atoms with E-state index in [0.29, 0.717) is 17.4 Å². The normalized spacial score (nSPS) is 15.7. The maximum atomic E-state index is 11.9. The van der Waals surface area contributed by atoms with Crippen LogP contribution >= 0.6 is 0 Å². The van der Waals surface area contributed by atoms with Gasteiger partial charge in [-0.3, -0.25) is 4.79 Å². The Morgan fingerprint density at radius 1 is 1.33 bits per heavy atom. The molecule has 1 saturated carbocycles. The Morgan fingerprint density at radius 2 is 2.00 bits per heavy atom. The first kappa shape index (κ1) is 12.9. The minimum absolute atomic E-state index is 0.0623. The zero-order valence-corrected chi connectivity index (χ0v) is 11.4. The Morgan fingerprint density at radius 3 is 2.56 bits per heavy atom. The predicted octanol–water partition coefficient (Wildman–Crippen LogP) is 3.28. The molecule has 0 heterocycles. The van der Waals surface area contributed by atoms with Crippen molar-refractivity contribution in [3.63, 3.8) is 0 Å². The van der Waals surface area contributed by atoms with Gasteiger partial charge in [0.05, 0.1) is 18.4 Å². The first-order valence-corrected chi connectivity index (χ1v) is 6.56. The Balaban J connectivity index is 2.39. The van der Waals surface area contributed by atoms with E-state index in [1.165, 1.54) is 25.7 Å². The third kappa shape index (κ3) is 2.35. The second-order valence-electron chi connectivity index (χ2n) is 4.96. The molecule has 0 spiro atoms. The smallest absolute Gasteiger partial charge is 0.165 e. The highest BCUT2D eigenvalue weighted by Crippen LogP contribution is 2.33. The molecule has 0 N–H and O–H groups in total. The highest BCUT2D eigenvalue weighted by atomic mass is 16.5. The van der Waals surface area contributed by atoms with Gasteiger partial charge in [0.25, 0.3) is 0 Å². The number of Topliss-reactive ketones (excluding diaryl/α,β-unsaturated/α-hetero) is 1. The molecular formula is C15H21NO2. The van der Waals surface area contributed by atoms with E-state index in [4.69, 9.17) is 4.74 Å². The Kier molecular flexibility index (Phi) is 3.90. The monoisotopic (exact) mass is 247 g/mol. The van der Waals surface area contributed by atoms with Crippen LogP contribution in [0.2, 0.25) is 0 Å². The van der Waals surface area contributed by atoms with Crippen LogP contribution in [-0.2, 0) is 0 Å². The summed E-state index contributed by atoms with van der Waals surface area (Å²) in [5.74, 6) is 0.733. The highest BCUT2D eigenvalue weighted by Gasteiger charge is 2.24. The van der Waals surface area contributed by atoms with Crippen molar-refractivity contribution >= 4 is 11.5 Å². The summed E-state index contributed by atoms with van der Waals surface area (Å²) in [4.78, 5) is 14.1. The lowest BCUT2D eigenvalue weighted by atomic mass is 10.1. The van der Waals surface area contributed by atoms with Crippen molar-refractivity contribution in [2.45, 2.75) is 38.6 Å². The summed E-state index contributed by atoms with van der Waals surface area (Å²) >= 11 is 0. The molecule has 18 heavy (non-hydrogen) atoms. The molecule has 1 aliphatic carbocycles. The average molecular weight is 247 g/mol. The summed E-state index contributed by atoms with van der Waals surface area (Å²) in [7, 11) is 3.69. The molecule has 0 aromatic heterocycles. The van der Waals surface area contributed by atoms with Gasteiger partial charge in [0.15, 0.2) is 5.78 Å². The van der Waals surface area contributed by atoms with Crippen LogP contribution in [0, 0.1) is 0 Å². The number of hydrogen-bond donors (Lipinski definition) is 0. The Hall–Kier alpha value is -1.51. The van der Waals surface area contributed by atoms with E-state index in [1.807, 2.05) is 18.2 Å². The molecule has 98 valence electrons. The SMILES string of the molecule is COc1cccc(N(C)C2CCCC2)c1C(C)=O. The van der Waals surface area contributed by atoms with Gasteiger partial charge in [-0.1, -0.05) is 18.9 Å². The molecule has 1 aliphatic rings. The first-order valence-electron chi connectivity index (χ1n) is 6.56. The van der Waals surface area contributed by atoms with Gasteiger partial charge < -0.3 is 9.64 Å². The second kappa shape index (κ2) is 5.42. The molecule has 0 saturated heterocycles. The molecule has 0 amide bonds. The van der Waals surface area contributed by atoms with Gasteiger partial charge in [-0.15, -0.1) is 0 Å². The van der Waals surface area contributed by atoms with Crippen molar-refractivity contribution in [1.29, 1.82) is 0 Å². The van der Waals surface area contributed by atoms with E-state index in [-0.39, 0.29) is 5.78 Å². The lowest BCUT2D eigenvalue weighted by Crippen LogP contribution is -2.30. The predicted molar refractivity (Wildman–Crippen MR) is 73.7 cm³/mol. The number of rotatable bonds is 4. The fourth-order valence-electron chi connectivity index (χ4n) is 2.83. The zero-order chi connectivity index (χ0) is 13.1. The topological polar surface area (TPSA) is 29.5 Å². The average Bonchev–Trinajstić information content (AvgIpc) is 2.90. The van der Waals surface area contributed by atoms with Gasteiger partial charge in [0.1, 0.15) is 5.75 Å². The lowest BCUT2D eigenvalue weighted by molar-refractivity contribution is 0.101. The van der Waals surface area contributed by atoms with Crippen LogP contribution in [0.3, 0.4) is 0 Å². The third-order valence-electron chi connectivity index (χ3n) is 3.83. The summed E-state index contributed by atoms with van der Waals surface area (Å²) in [6, 6.07) is 6.36. The Bertz CT molecular complexity index is 436. The number of methoxy groups -OCH3 is 1. The van der Waals surface area contributed by atoms with Crippen molar-refractivity contribution in [3.8, 4) is 5.75 Å². The van der Waals surface area contributed by atoms with Crippen LogP contribution in [0.25, 0.3) is 0 Å². The fourth-order valence-corrected chi connectivity index (χ4v) is 2.83. The molecule has 1 fully saturated rings. The summed E-state index contributed by atoms with van der Waals surface area (Å²) < 4.78 is 5.31. The molecule has 3 nitrogen and oxygen atoms in total. The molecule has 0 radical (unpaired) electrons. The molecule has 0 bridgehead atoms. The van der Waals surface area contributed by atoms with E-state index in [1.54, 1.807) is 14.0 Å². The minimum Gasteiger partial charge on any atom is -0.496 e. The van der Waals surface area contributed by atoms with E-state index in [9.17, 15) is 4.79 Å². The summed E-state index contributed by atoms with van der Waals surface area (Å²) in [5, 5.41) is 0. The van der Waals surface area contributed by atoms with E-state index >= 15 is 0 Å². The third-order valence-corrected chi connectivity index (χ3v) is 3.83. The standard InChI is InChI=1S/C15H21NO2/c1-11(17)15-13(9-6-10-14(15)18-3)16(2)12-7-4-5-8-12/h6,9-10,12H,4-5,7-8H2,1-3H3. The number of benzene rings is 1. The van der Waals surface area contributed by atoms with E-state index < -0.39 is 0 Å². The second-order valence-corrected chi connectivity index (χ2v) is 4.96. The van der Waals surface area contributed by atoms with Gasteiger partial charge in [-0.25, -0.2) is 0 Å².